The molecule has 0 radical (unpaired) electrons. The monoisotopic (exact) mass is 571 g/mol. The van der Waals surface area contributed by atoms with Gasteiger partial charge in [-0.1, -0.05) is 54.6 Å². The number of carbonyl (C=O) groups excluding carboxylic acids is 1. The van der Waals surface area contributed by atoms with Crippen LogP contribution in [0.3, 0.4) is 0 Å². The van der Waals surface area contributed by atoms with Crippen LogP contribution in [-0.4, -0.2) is 29.1 Å². The van der Waals surface area contributed by atoms with Gasteiger partial charge in [-0.05, 0) is 72.0 Å². The van der Waals surface area contributed by atoms with E-state index < -0.39 is 34.0 Å². The van der Waals surface area contributed by atoms with Gasteiger partial charge in [-0.15, -0.1) is 0 Å². The number of rotatable bonds is 8. The van der Waals surface area contributed by atoms with Crippen LogP contribution in [0.2, 0.25) is 0 Å². The van der Waals surface area contributed by atoms with Crippen molar-refractivity contribution in [3.8, 4) is 16.9 Å². The predicted molar refractivity (Wildman–Crippen MR) is 145 cm³/mol. The van der Waals surface area contributed by atoms with Gasteiger partial charge in [-0.3, -0.25) is 9.35 Å². The molecule has 40 heavy (non-hydrogen) atoms. The second-order valence-corrected chi connectivity index (χ2v) is 10.9. The minimum atomic E-state index is -4.39. The Hall–Kier alpha value is -3.05. The molecule has 1 fully saturated rings. The van der Waals surface area contributed by atoms with E-state index >= 15 is 0 Å². The number of amides is 1. The van der Waals surface area contributed by atoms with Crippen molar-refractivity contribution >= 4 is 21.7 Å². The summed E-state index contributed by atoms with van der Waals surface area (Å²) in [5.41, 5.74) is 2.75. The van der Waals surface area contributed by atoms with Crippen LogP contribution in [0.1, 0.15) is 37.5 Å². The van der Waals surface area contributed by atoms with Gasteiger partial charge in [-0.25, -0.2) is 4.39 Å². The number of hydrogen-bond acceptors (Lipinski definition) is 5. The van der Waals surface area contributed by atoms with Gasteiger partial charge in [0, 0.05) is 11.3 Å². The Morgan fingerprint density at radius 1 is 0.900 bits per heavy atom. The molecule has 202 valence electrons. The average Bonchev–Trinajstić information content (AvgIpc) is 2.92. The van der Waals surface area contributed by atoms with Crippen molar-refractivity contribution in [2.75, 3.05) is 4.90 Å². The van der Waals surface area contributed by atoms with E-state index in [1.165, 1.54) is 48.5 Å². The van der Waals surface area contributed by atoms with Gasteiger partial charge in [0.05, 0.1) is 23.0 Å². The number of para-hydroxylation sites is 1. The fraction of sp³-hybridized carbons (Fsp3) is 0.167. The summed E-state index contributed by atoms with van der Waals surface area (Å²) >= 11 is 0. The van der Waals surface area contributed by atoms with Crippen LogP contribution in [0.4, 0.5) is 10.1 Å². The van der Waals surface area contributed by atoms with Crippen molar-refractivity contribution in [3.63, 3.8) is 0 Å². The first-order chi connectivity index (χ1) is 18.6. The van der Waals surface area contributed by atoms with Crippen LogP contribution in [0.25, 0.3) is 11.1 Å². The average molecular weight is 572 g/mol. The number of β-lactam (4-membered cyclic amide) rings is 1. The van der Waals surface area contributed by atoms with Crippen LogP contribution in [-0.2, 0) is 14.9 Å². The molecule has 4 aromatic carbocycles. The molecule has 7 nitrogen and oxygen atoms in total. The van der Waals surface area contributed by atoms with Gasteiger partial charge in [0.1, 0.15) is 11.6 Å². The predicted octanol–water partition coefficient (Wildman–Crippen LogP) is 2.78. The molecule has 0 unspecified atom stereocenters. The number of halogens is 1. The minimum absolute atomic E-state index is 0. The first-order valence-corrected chi connectivity index (χ1v) is 13.8. The zero-order valence-electron chi connectivity index (χ0n) is 22.7. The molecule has 5 rings (SSSR count). The van der Waals surface area contributed by atoms with Crippen molar-refractivity contribution in [1.82, 2.24) is 0 Å². The van der Waals surface area contributed by atoms with Crippen molar-refractivity contribution in [1.29, 1.82) is 0 Å². The van der Waals surface area contributed by atoms with E-state index in [2.05, 4.69) is 0 Å². The van der Waals surface area contributed by atoms with E-state index in [0.717, 1.165) is 0 Å². The number of aromatic hydroxyl groups is 1. The SMILES string of the molecule is O=C1[C@H](CC[C@@H](O)c2ccc(F)cc2)[C@@H](c2ccc(-c3cccc(S(=O)(=O)O)c3)cc2O)N1c1ccccc1.[H-].[Na+]. The van der Waals surface area contributed by atoms with E-state index in [1.807, 2.05) is 18.2 Å². The maximum Gasteiger partial charge on any atom is 1.00 e. The number of phenolic OH excluding ortho intramolecular Hbond substituents is 1. The molecule has 0 aromatic heterocycles. The summed E-state index contributed by atoms with van der Waals surface area (Å²) < 4.78 is 45.8. The Bertz CT molecular complexity index is 1620. The molecular formula is C30H27FNNaO6S. The van der Waals surface area contributed by atoms with E-state index in [9.17, 15) is 32.4 Å². The molecule has 1 heterocycles. The normalized spacial score (nSPS) is 17.6. The molecule has 3 atom stereocenters. The number of nitrogens with zero attached hydrogens (tertiary/aromatic N) is 1. The molecule has 4 aromatic rings. The maximum absolute atomic E-state index is 13.3. The molecule has 1 saturated heterocycles. The Morgan fingerprint density at radius 3 is 2.23 bits per heavy atom. The Labute approximate surface area is 255 Å². The first-order valence-electron chi connectivity index (χ1n) is 12.4. The second-order valence-electron chi connectivity index (χ2n) is 9.52. The number of aliphatic hydroxyl groups is 1. The smallest absolute Gasteiger partial charge is 1.00 e. The molecule has 1 aliphatic heterocycles. The Morgan fingerprint density at radius 2 is 1.57 bits per heavy atom. The molecule has 0 aliphatic carbocycles. The van der Waals surface area contributed by atoms with Crippen LogP contribution < -0.4 is 34.5 Å². The van der Waals surface area contributed by atoms with Gasteiger partial charge >= 0.3 is 29.6 Å². The maximum atomic E-state index is 13.3. The van der Waals surface area contributed by atoms with E-state index in [4.69, 9.17) is 0 Å². The fourth-order valence-electron chi connectivity index (χ4n) is 5.06. The summed E-state index contributed by atoms with van der Waals surface area (Å²) in [5.74, 6) is -1.13. The van der Waals surface area contributed by atoms with Gasteiger partial charge in [0.25, 0.3) is 10.1 Å². The summed E-state index contributed by atoms with van der Waals surface area (Å²) in [6.45, 7) is 0. The summed E-state index contributed by atoms with van der Waals surface area (Å²) in [7, 11) is -4.39. The number of benzene rings is 4. The molecular weight excluding hydrogens is 544 g/mol. The van der Waals surface area contributed by atoms with Crippen LogP contribution in [0.15, 0.2) is 102 Å². The summed E-state index contributed by atoms with van der Waals surface area (Å²) in [6, 6.07) is 24.8. The quantitative estimate of drug-likeness (QED) is 0.170. The third-order valence-electron chi connectivity index (χ3n) is 7.07. The minimum Gasteiger partial charge on any atom is -1.00 e. The van der Waals surface area contributed by atoms with Crippen molar-refractivity contribution < 1.29 is 63.4 Å². The number of hydrogen-bond donors (Lipinski definition) is 3. The first kappa shape index (κ1) is 29.9. The molecule has 10 heteroatoms. The van der Waals surface area contributed by atoms with E-state index in [1.54, 1.807) is 35.2 Å². The number of anilines is 1. The Kier molecular flexibility index (Phi) is 9.14. The summed E-state index contributed by atoms with van der Waals surface area (Å²) in [6.07, 6.45) is -0.276. The van der Waals surface area contributed by atoms with Gasteiger partial charge in [0.2, 0.25) is 5.91 Å². The molecule has 1 aliphatic rings. The third kappa shape index (κ3) is 6.15. The topological polar surface area (TPSA) is 115 Å². The summed E-state index contributed by atoms with van der Waals surface area (Å²) in [5, 5.41) is 21.7. The van der Waals surface area contributed by atoms with E-state index in [0.29, 0.717) is 34.4 Å². The van der Waals surface area contributed by atoms with Gasteiger partial charge in [0.15, 0.2) is 0 Å². The zero-order valence-corrected chi connectivity index (χ0v) is 24.5. The molecule has 0 spiro atoms. The van der Waals surface area contributed by atoms with Gasteiger partial charge in [-0.2, -0.15) is 8.42 Å². The van der Waals surface area contributed by atoms with Crippen LogP contribution in [0, 0.1) is 11.7 Å². The van der Waals surface area contributed by atoms with Crippen molar-refractivity contribution in [2.24, 2.45) is 5.92 Å². The van der Waals surface area contributed by atoms with Crippen LogP contribution in [0.5, 0.6) is 5.75 Å². The molecule has 1 amide bonds. The van der Waals surface area contributed by atoms with Crippen molar-refractivity contribution in [3.05, 3.63) is 114 Å². The number of aliphatic hydroxyl groups excluding tert-OH is 1. The fourth-order valence-corrected chi connectivity index (χ4v) is 5.59. The zero-order chi connectivity index (χ0) is 27.7. The molecule has 3 N–H and O–H groups in total. The Balaban J connectivity index is 0.00000231. The second kappa shape index (κ2) is 12.2. The third-order valence-corrected chi connectivity index (χ3v) is 7.92. The summed E-state index contributed by atoms with van der Waals surface area (Å²) in [4.78, 5) is 14.7. The number of phenols is 1. The molecule has 0 bridgehead atoms. The van der Waals surface area contributed by atoms with Crippen molar-refractivity contribution in [2.45, 2.75) is 29.9 Å². The van der Waals surface area contributed by atoms with Gasteiger partial charge < -0.3 is 16.5 Å². The number of carbonyl (C=O) groups is 1. The largest absolute Gasteiger partial charge is 1.00 e. The van der Waals surface area contributed by atoms with Crippen LogP contribution >= 0.6 is 0 Å². The van der Waals surface area contributed by atoms with E-state index in [-0.39, 0.29) is 54.0 Å². The molecule has 0 saturated carbocycles. The standard InChI is InChI=1S/C30H26FNO6S.Na.H/c31-22-12-9-19(10-13-22)27(33)16-15-26-29(32(30(26)35)23-6-2-1-3-7-23)25-14-11-21(18-28(25)34)20-5-4-8-24(17-20)39(36,37)38;;/h1-14,17-18,26-27,29,33-34H,15-16H2,(H,36,37,38);;/q;+1;-1/t26-,27-,29-;;/m1../s1.